The van der Waals surface area contributed by atoms with E-state index in [1.807, 2.05) is 37.4 Å². The topological polar surface area (TPSA) is 12.0 Å². The smallest absolute Gasteiger partial charge is 0.0439 e. The van der Waals surface area contributed by atoms with Gasteiger partial charge in [-0.25, -0.2) is 0 Å². The fourth-order valence-corrected chi connectivity index (χ4v) is 2.79. The lowest BCUT2D eigenvalue weighted by Gasteiger charge is -2.17. The molecule has 0 heterocycles. The number of likely N-dealkylation sites (N-methyl/N-ethyl adjacent to an activating group) is 1. The lowest BCUT2D eigenvalue weighted by Crippen LogP contribution is -2.30. The molecule has 2 aromatic carbocycles. The van der Waals surface area contributed by atoms with Gasteiger partial charge in [0, 0.05) is 21.1 Å². The van der Waals surface area contributed by atoms with E-state index >= 15 is 0 Å². The van der Waals surface area contributed by atoms with E-state index in [2.05, 4.69) is 11.4 Å². The Morgan fingerprint density at radius 2 is 1.70 bits per heavy atom. The molecule has 0 saturated heterocycles. The van der Waals surface area contributed by atoms with E-state index in [0.29, 0.717) is 5.02 Å². The molecule has 0 aliphatic rings. The van der Waals surface area contributed by atoms with Crippen LogP contribution in [0.25, 0.3) is 0 Å². The summed E-state index contributed by atoms with van der Waals surface area (Å²) < 4.78 is 0. The minimum absolute atomic E-state index is 0.282. The third kappa shape index (κ3) is 4.39. The summed E-state index contributed by atoms with van der Waals surface area (Å²) in [6.45, 7) is 0. The number of hydrogen-bond donors (Lipinski definition) is 1. The van der Waals surface area contributed by atoms with Crippen molar-refractivity contribution in [1.82, 2.24) is 5.32 Å². The molecule has 0 amide bonds. The second-order valence-corrected chi connectivity index (χ2v) is 6.04. The third-order valence-corrected chi connectivity index (χ3v) is 4.09. The van der Waals surface area contributed by atoms with E-state index in [4.69, 9.17) is 34.8 Å². The van der Waals surface area contributed by atoms with Crippen LogP contribution in [0.15, 0.2) is 42.5 Å². The van der Waals surface area contributed by atoms with Crippen molar-refractivity contribution in [2.45, 2.75) is 18.9 Å². The molecular weight excluding hydrogens is 313 g/mol. The van der Waals surface area contributed by atoms with Crippen LogP contribution in [0.1, 0.15) is 11.1 Å². The highest BCUT2D eigenvalue weighted by atomic mass is 35.5. The SMILES string of the molecule is CNC(Cc1cccc(Cl)c1)Cc1cc(Cl)ccc1Cl. The van der Waals surface area contributed by atoms with Gasteiger partial charge in [0.2, 0.25) is 0 Å². The summed E-state index contributed by atoms with van der Waals surface area (Å²) in [5, 5.41) is 5.54. The zero-order valence-electron chi connectivity index (χ0n) is 11.2. The Hall–Kier alpha value is -0.730. The quantitative estimate of drug-likeness (QED) is 0.812. The Balaban J connectivity index is 2.11. The van der Waals surface area contributed by atoms with Gasteiger partial charge >= 0.3 is 0 Å². The standard InChI is InChI=1S/C16H16Cl3N/c1-20-15(8-11-3-2-4-13(17)7-11)10-12-9-14(18)5-6-16(12)19/h2-7,9,15,20H,8,10H2,1H3. The van der Waals surface area contributed by atoms with Crippen molar-refractivity contribution in [2.75, 3.05) is 7.05 Å². The third-order valence-electron chi connectivity index (χ3n) is 3.25. The predicted octanol–water partition coefficient (Wildman–Crippen LogP) is 5.02. The second-order valence-electron chi connectivity index (χ2n) is 4.76. The molecule has 1 atom stereocenters. The molecule has 2 rings (SSSR count). The number of hydrogen-bond acceptors (Lipinski definition) is 1. The highest BCUT2D eigenvalue weighted by molar-refractivity contribution is 6.33. The Kier molecular flexibility index (Phi) is 5.74. The molecule has 20 heavy (non-hydrogen) atoms. The molecule has 0 spiro atoms. The van der Waals surface area contributed by atoms with Gasteiger partial charge in [-0.3, -0.25) is 0 Å². The van der Waals surface area contributed by atoms with Gasteiger partial charge in [0.1, 0.15) is 0 Å². The fourth-order valence-electron chi connectivity index (χ4n) is 2.19. The van der Waals surface area contributed by atoms with Crippen LogP contribution >= 0.6 is 34.8 Å². The van der Waals surface area contributed by atoms with Crippen LogP contribution in [0.3, 0.4) is 0 Å². The van der Waals surface area contributed by atoms with E-state index in [-0.39, 0.29) is 6.04 Å². The maximum Gasteiger partial charge on any atom is 0.0439 e. The Labute approximate surface area is 134 Å². The lowest BCUT2D eigenvalue weighted by atomic mass is 9.99. The van der Waals surface area contributed by atoms with Gasteiger partial charge in [0.05, 0.1) is 0 Å². The first kappa shape index (κ1) is 15.7. The molecule has 2 aromatic rings. The first-order chi connectivity index (χ1) is 9.58. The molecule has 4 heteroatoms. The van der Waals surface area contributed by atoms with Gasteiger partial charge in [-0.1, -0.05) is 46.9 Å². The van der Waals surface area contributed by atoms with Crippen LogP contribution in [0.4, 0.5) is 0 Å². The van der Waals surface area contributed by atoms with Crippen LogP contribution in [0.2, 0.25) is 15.1 Å². The summed E-state index contributed by atoms with van der Waals surface area (Å²) in [7, 11) is 1.95. The fraction of sp³-hybridized carbons (Fsp3) is 0.250. The van der Waals surface area contributed by atoms with Crippen LogP contribution in [-0.4, -0.2) is 13.1 Å². The van der Waals surface area contributed by atoms with Crippen LogP contribution in [0.5, 0.6) is 0 Å². The largest absolute Gasteiger partial charge is 0.316 e. The highest BCUT2D eigenvalue weighted by Crippen LogP contribution is 2.23. The molecule has 0 bridgehead atoms. The highest BCUT2D eigenvalue weighted by Gasteiger charge is 2.11. The van der Waals surface area contributed by atoms with Crippen molar-refractivity contribution in [3.05, 3.63) is 68.7 Å². The maximum atomic E-state index is 6.22. The summed E-state index contributed by atoms with van der Waals surface area (Å²) in [5.74, 6) is 0. The number of benzene rings is 2. The summed E-state index contributed by atoms with van der Waals surface area (Å²) in [6, 6.07) is 13.8. The number of rotatable bonds is 5. The minimum atomic E-state index is 0.282. The van der Waals surface area contributed by atoms with Gasteiger partial charge in [0.25, 0.3) is 0 Å². The van der Waals surface area contributed by atoms with Crippen molar-refractivity contribution in [3.63, 3.8) is 0 Å². The summed E-state index contributed by atoms with van der Waals surface area (Å²) >= 11 is 18.3. The summed E-state index contributed by atoms with van der Waals surface area (Å²) in [5.41, 5.74) is 2.26. The van der Waals surface area contributed by atoms with Gasteiger partial charge in [-0.2, -0.15) is 0 Å². The molecular formula is C16H16Cl3N. The predicted molar refractivity (Wildman–Crippen MR) is 88.2 cm³/mol. The van der Waals surface area contributed by atoms with Gasteiger partial charge < -0.3 is 5.32 Å². The van der Waals surface area contributed by atoms with E-state index < -0.39 is 0 Å². The maximum absolute atomic E-state index is 6.22. The number of halogens is 3. The Bertz CT molecular complexity index is 584. The van der Waals surface area contributed by atoms with E-state index in [1.54, 1.807) is 6.07 Å². The van der Waals surface area contributed by atoms with E-state index in [1.165, 1.54) is 5.56 Å². The van der Waals surface area contributed by atoms with Gasteiger partial charge in [-0.15, -0.1) is 0 Å². The normalized spacial score (nSPS) is 12.4. The summed E-state index contributed by atoms with van der Waals surface area (Å²) in [6.07, 6.45) is 1.71. The lowest BCUT2D eigenvalue weighted by molar-refractivity contribution is 0.556. The average Bonchev–Trinajstić information content (AvgIpc) is 2.42. The molecule has 0 aliphatic carbocycles. The van der Waals surface area contributed by atoms with Crippen molar-refractivity contribution in [3.8, 4) is 0 Å². The molecule has 0 fully saturated rings. The van der Waals surface area contributed by atoms with Crippen LogP contribution in [0, 0.1) is 0 Å². The molecule has 0 saturated carbocycles. The second kappa shape index (κ2) is 7.33. The molecule has 1 N–H and O–H groups in total. The number of nitrogens with one attached hydrogen (secondary N) is 1. The molecule has 1 unspecified atom stereocenters. The first-order valence-electron chi connectivity index (χ1n) is 6.44. The molecule has 1 nitrogen and oxygen atoms in total. The van der Waals surface area contributed by atoms with E-state index in [9.17, 15) is 0 Å². The average molecular weight is 329 g/mol. The van der Waals surface area contributed by atoms with Crippen LogP contribution in [-0.2, 0) is 12.8 Å². The molecule has 0 radical (unpaired) electrons. The van der Waals surface area contributed by atoms with Crippen molar-refractivity contribution in [2.24, 2.45) is 0 Å². The molecule has 0 aromatic heterocycles. The zero-order chi connectivity index (χ0) is 14.5. The van der Waals surface area contributed by atoms with Crippen LogP contribution < -0.4 is 5.32 Å². The van der Waals surface area contributed by atoms with Gasteiger partial charge in [-0.05, 0) is 61.3 Å². The summed E-state index contributed by atoms with van der Waals surface area (Å²) in [4.78, 5) is 0. The monoisotopic (exact) mass is 327 g/mol. The minimum Gasteiger partial charge on any atom is -0.316 e. The Morgan fingerprint density at radius 1 is 0.950 bits per heavy atom. The zero-order valence-corrected chi connectivity index (χ0v) is 13.4. The molecule has 0 aliphatic heterocycles. The van der Waals surface area contributed by atoms with E-state index in [0.717, 1.165) is 28.5 Å². The van der Waals surface area contributed by atoms with Crippen molar-refractivity contribution < 1.29 is 0 Å². The van der Waals surface area contributed by atoms with Crippen molar-refractivity contribution in [1.29, 1.82) is 0 Å². The van der Waals surface area contributed by atoms with Crippen molar-refractivity contribution >= 4 is 34.8 Å². The Morgan fingerprint density at radius 3 is 2.40 bits per heavy atom. The molecule has 106 valence electrons. The first-order valence-corrected chi connectivity index (χ1v) is 7.57. The van der Waals surface area contributed by atoms with Gasteiger partial charge in [0.15, 0.2) is 0 Å².